The molecule has 0 N–H and O–H groups in total. The first-order chi connectivity index (χ1) is 2.91. The van der Waals surface area contributed by atoms with Gasteiger partial charge < -0.3 is 4.43 Å². The largest absolute Gasteiger partial charge is 0.419 e. The van der Waals surface area contributed by atoms with Crippen LogP contribution in [0.5, 0.6) is 0 Å². The second-order valence-electron chi connectivity index (χ2n) is 0.952. The summed E-state index contributed by atoms with van der Waals surface area (Å²) in [6, 6.07) is 1.00. The molecule has 3 heteroatoms. The zero-order chi connectivity index (χ0) is 4.83. The van der Waals surface area contributed by atoms with E-state index < -0.39 is 0 Å². The van der Waals surface area contributed by atoms with Crippen molar-refractivity contribution in [1.29, 1.82) is 0 Å². The molecular weight excluding hydrogens is 108 g/mol. The van der Waals surface area contributed by atoms with Crippen LogP contribution in [0.4, 0.5) is 0 Å². The summed E-state index contributed by atoms with van der Waals surface area (Å²) in [5, 5.41) is 0. The Labute approximate surface area is 45.0 Å². The van der Waals surface area contributed by atoms with Gasteiger partial charge in [-0.25, -0.2) is 0 Å². The summed E-state index contributed by atoms with van der Waals surface area (Å²) < 4.78 is 4.56. The van der Waals surface area contributed by atoms with Crippen molar-refractivity contribution in [3.8, 4) is 0 Å². The molecule has 0 spiro atoms. The monoisotopic (exact) mass is 114 g/mol. The molecule has 32 valence electrons. The lowest BCUT2D eigenvalue weighted by molar-refractivity contribution is 0.349. The van der Waals surface area contributed by atoms with E-state index in [0.29, 0.717) is 0 Å². The molecule has 0 saturated carbocycles. The SMILES string of the molecule is [Si]CCCO[Si]. The van der Waals surface area contributed by atoms with Crippen molar-refractivity contribution in [2.24, 2.45) is 0 Å². The van der Waals surface area contributed by atoms with Gasteiger partial charge in [0, 0.05) is 16.8 Å². The van der Waals surface area contributed by atoms with E-state index >= 15 is 0 Å². The molecular formula is C3H6OSi2. The van der Waals surface area contributed by atoms with Gasteiger partial charge in [-0.15, -0.1) is 0 Å². The summed E-state index contributed by atoms with van der Waals surface area (Å²) in [6.45, 7) is 0.778. The van der Waals surface area contributed by atoms with Crippen LogP contribution in [0.15, 0.2) is 0 Å². The Hall–Kier alpha value is 0.394. The van der Waals surface area contributed by atoms with Crippen LogP contribution in [0.3, 0.4) is 0 Å². The van der Waals surface area contributed by atoms with Crippen LogP contribution in [0.2, 0.25) is 6.04 Å². The van der Waals surface area contributed by atoms with Crippen molar-refractivity contribution in [2.75, 3.05) is 6.61 Å². The van der Waals surface area contributed by atoms with Crippen LogP contribution < -0.4 is 0 Å². The Kier molecular flexibility index (Phi) is 5.75. The van der Waals surface area contributed by atoms with E-state index in [1.165, 1.54) is 0 Å². The molecule has 0 aromatic carbocycles. The summed E-state index contributed by atoms with van der Waals surface area (Å²) in [7, 11) is 6.16. The van der Waals surface area contributed by atoms with Gasteiger partial charge in [-0.3, -0.25) is 0 Å². The number of hydrogen-bond donors (Lipinski definition) is 0. The van der Waals surface area contributed by atoms with Gasteiger partial charge in [0.25, 0.3) is 0 Å². The summed E-state index contributed by atoms with van der Waals surface area (Å²) in [5.74, 6) is 0. The Morgan fingerprint density at radius 1 is 1.50 bits per heavy atom. The summed E-state index contributed by atoms with van der Waals surface area (Å²) in [6.07, 6.45) is 1.06. The first kappa shape index (κ1) is 6.39. The van der Waals surface area contributed by atoms with Gasteiger partial charge in [-0.2, -0.15) is 0 Å². The lowest BCUT2D eigenvalue weighted by Crippen LogP contribution is -1.86. The van der Waals surface area contributed by atoms with E-state index in [4.69, 9.17) is 0 Å². The smallest absolute Gasteiger partial charge is 0.246 e. The summed E-state index contributed by atoms with van der Waals surface area (Å²) in [5.41, 5.74) is 0. The molecule has 0 aromatic rings. The third kappa shape index (κ3) is 4.39. The quantitative estimate of drug-likeness (QED) is 0.372. The van der Waals surface area contributed by atoms with Crippen LogP contribution >= 0.6 is 0 Å². The van der Waals surface area contributed by atoms with Crippen LogP contribution in [0, 0.1) is 0 Å². The molecule has 0 aliphatic rings. The Balaban J connectivity index is 2.34. The molecule has 0 rings (SSSR count). The minimum absolute atomic E-state index is 0.778. The lowest BCUT2D eigenvalue weighted by Gasteiger charge is -1.89. The fourth-order valence-corrected chi connectivity index (χ4v) is 0.433. The number of hydrogen-bond acceptors (Lipinski definition) is 1. The van der Waals surface area contributed by atoms with E-state index in [1.54, 1.807) is 0 Å². The minimum atomic E-state index is 0.778. The molecule has 1 nitrogen and oxygen atoms in total. The maximum atomic E-state index is 4.56. The first-order valence-electron chi connectivity index (χ1n) is 1.85. The van der Waals surface area contributed by atoms with Crippen molar-refractivity contribution < 1.29 is 4.43 Å². The van der Waals surface area contributed by atoms with Gasteiger partial charge in [-0.05, 0) is 6.42 Å². The van der Waals surface area contributed by atoms with Gasteiger partial charge in [0.15, 0.2) is 0 Å². The molecule has 0 aromatic heterocycles. The molecule has 6 radical (unpaired) electrons. The highest BCUT2D eigenvalue weighted by Crippen LogP contribution is 1.80. The van der Waals surface area contributed by atoms with Gasteiger partial charge >= 0.3 is 0 Å². The zero-order valence-electron chi connectivity index (χ0n) is 3.53. The highest BCUT2D eigenvalue weighted by molar-refractivity contribution is 6.08. The molecule has 0 atom stereocenters. The first-order valence-corrected chi connectivity index (χ1v) is 2.96. The summed E-state index contributed by atoms with van der Waals surface area (Å²) in [4.78, 5) is 0. The molecule has 0 fully saturated rings. The lowest BCUT2D eigenvalue weighted by atomic mass is 10.5. The molecule has 0 amide bonds. The van der Waals surface area contributed by atoms with Crippen molar-refractivity contribution in [1.82, 2.24) is 0 Å². The molecule has 0 unspecified atom stereocenters. The molecule has 0 aliphatic heterocycles. The topological polar surface area (TPSA) is 9.23 Å². The van der Waals surface area contributed by atoms with E-state index in [1.807, 2.05) is 0 Å². The van der Waals surface area contributed by atoms with E-state index in [2.05, 4.69) is 25.2 Å². The highest BCUT2D eigenvalue weighted by Gasteiger charge is 1.75. The van der Waals surface area contributed by atoms with Crippen LogP contribution in [0.1, 0.15) is 6.42 Å². The summed E-state index contributed by atoms with van der Waals surface area (Å²) >= 11 is 0. The fraction of sp³-hybridized carbons (Fsp3) is 1.00. The van der Waals surface area contributed by atoms with Gasteiger partial charge in [0.1, 0.15) is 0 Å². The normalized spacial score (nSPS) is 9.00. The average molecular weight is 114 g/mol. The van der Waals surface area contributed by atoms with Crippen LogP contribution in [0.25, 0.3) is 0 Å². The molecule has 6 heavy (non-hydrogen) atoms. The maximum absolute atomic E-state index is 4.56. The third-order valence-electron chi connectivity index (χ3n) is 0.423. The Bertz CT molecular complexity index is 20.8. The molecule has 0 aliphatic carbocycles. The molecule has 0 saturated heterocycles. The molecule has 0 bridgehead atoms. The van der Waals surface area contributed by atoms with Gasteiger partial charge in [-0.1, -0.05) is 6.04 Å². The average Bonchev–Trinajstić information content (AvgIpc) is 1.61. The van der Waals surface area contributed by atoms with Crippen molar-refractivity contribution >= 4 is 20.7 Å². The van der Waals surface area contributed by atoms with E-state index in [0.717, 1.165) is 19.1 Å². The van der Waals surface area contributed by atoms with E-state index in [9.17, 15) is 0 Å². The predicted octanol–water partition coefficient (Wildman–Crippen LogP) is 0.0634. The molecule has 0 heterocycles. The number of rotatable bonds is 3. The second kappa shape index (κ2) is 5.39. The van der Waals surface area contributed by atoms with Gasteiger partial charge in [0.05, 0.1) is 0 Å². The zero-order valence-corrected chi connectivity index (χ0v) is 5.53. The van der Waals surface area contributed by atoms with Crippen molar-refractivity contribution in [3.05, 3.63) is 0 Å². The Morgan fingerprint density at radius 3 is 2.33 bits per heavy atom. The second-order valence-corrected chi connectivity index (χ2v) is 1.74. The van der Waals surface area contributed by atoms with Crippen LogP contribution in [-0.4, -0.2) is 27.3 Å². The van der Waals surface area contributed by atoms with Crippen molar-refractivity contribution in [3.63, 3.8) is 0 Å². The van der Waals surface area contributed by atoms with Gasteiger partial charge in [0.2, 0.25) is 10.5 Å². The predicted molar refractivity (Wildman–Crippen MR) is 26.9 cm³/mol. The van der Waals surface area contributed by atoms with Crippen LogP contribution in [-0.2, 0) is 4.43 Å². The minimum Gasteiger partial charge on any atom is -0.419 e. The highest BCUT2D eigenvalue weighted by atomic mass is 28.2. The maximum Gasteiger partial charge on any atom is 0.246 e. The third-order valence-corrected chi connectivity index (χ3v) is 0.981. The van der Waals surface area contributed by atoms with Crippen molar-refractivity contribution in [2.45, 2.75) is 12.5 Å². The fourth-order valence-electron chi connectivity index (χ4n) is 0.144. The Morgan fingerprint density at radius 2 is 2.17 bits per heavy atom. The standard InChI is InChI=1S/C3H6OSi2/c5-3-1-2-4-6/h1-3H2. The van der Waals surface area contributed by atoms with E-state index in [-0.39, 0.29) is 0 Å².